The van der Waals surface area contributed by atoms with Gasteiger partial charge in [-0.3, -0.25) is 9.36 Å². The van der Waals surface area contributed by atoms with Crippen molar-refractivity contribution in [2.24, 2.45) is 0 Å². The minimum absolute atomic E-state index is 0.0120. The molecule has 0 aliphatic heterocycles. The van der Waals surface area contributed by atoms with Gasteiger partial charge >= 0.3 is 0 Å². The van der Waals surface area contributed by atoms with Crippen molar-refractivity contribution in [2.75, 3.05) is 40.9 Å². The van der Waals surface area contributed by atoms with Crippen LogP contribution in [0.25, 0.3) is 0 Å². The molecule has 0 heterocycles. The fraction of sp³-hybridized carbons (Fsp3) is 0.814. The molecule has 0 saturated heterocycles. The maximum atomic E-state index is 13.0. The van der Waals surface area contributed by atoms with Gasteiger partial charge in [0.2, 0.25) is 5.91 Å². The SMILES string of the molecule is CC/C=C\C/C=C\C/C=C\C/C=C\C/C=C\CCCCCCCCCCCCCCCCCCCC(=O)NC(COP(=O)([O-])OCC[N+](C)(C)C)C(O)CCCCCCCCCCCCCCC. The maximum absolute atomic E-state index is 13.0. The molecule has 0 aromatic rings. The third kappa shape index (κ3) is 52.0. The van der Waals surface area contributed by atoms with Gasteiger partial charge < -0.3 is 28.8 Å². The maximum Gasteiger partial charge on any atom is 0.268 e. The second kappa shape index (κ2) is 50.2. The lowest BCUT2D eigenvalue weighted by Crippen LogP contribution is -2.46. The molecule has 0 aliphatic rings. The molecule has 1 amide bonds. The Morgan fingerprint density at radius 2 is 0.897 bits per heavy atom. The molecule has 0 aliphatic carbocycles. The summed E-state index contributed by atoms with van der Waals surface area (Å²) in [5, 5.41) is 14.0. The Morgan fingerprint density at radius 3 is 1.31 bits per heavy atom. The Labute approximate surface area is 422 Å². The van der Waals surface area contributed by atoms with Gasteiger partial charge in [0, 0.05) is 6.42 Å². The van der Waals surface area contributed by atoms with Gasteiger partial charge in [-0.25, -0.2) is 0 Å². The van der Waals surface area contributed by atoms with Crippen LogP contribution in [0, 0.1) is 0 Å². The zero-order chi connectivity index (χ0) is 49.9. The van der Waals surface area contributed by atoms with Crippen LogP contribution in [0.5, 0.6) is 0 Å². The molecule has 0 saturated carbocycles. The number of unbranched alkanes of at least 4 members (excludes halogenated alkanes) is 29. The molecule has 3 unspecified atom stereocenters. The van der Waals surface area contributed by atoms with Gasteiger partial charge in [-0.1, -0.05) is 254 Å². The van der Waals surface area contributed by atoms with E-state index < -0.39 is 20.0 Å². The standard InChI is InChI=1S/C59H111N2O6P/c1-6-8-10-12-14-16-18-20-21-22-23-24-25-26-27-28-29-30-31-32-33-34-35-36-37-38-39-41-43-45-47-49-51-53-59(63)60-57(56-67-68(64,65)66-55-54-61(3,4)5)58(62)52-50-48-46-44-42-40-19-17-15-13-11-9-7-2/h8,10,14,16,20-21,23-24,26-27,57-58,62H,6-7,9,11-13,15,17-19,22,25,28-56H2,1-5H3,(H-,60,63,64,65)/b10-8-,16-14-,21-20-,24-23-,27-26-. The van der Waals surface area contributed by atoms with E-state index in [-0.39, 0.29) is 19.1 Å². The molecule has 2 N–H and O–H groups in total. The van der Waals surface area contributed by atoms with E-state index in [2.05, 4.69) is 79.9 Å². The Kier molecular flexibility index (Phi) is 48.8. The third-order valence-electron chi connectivity index (χ3n) is 12.8. The summed E-state index contributed by atoms with van der Waals surface area (Å²) in [6, 6.07) is -0.800. The summed E-state index contributed by atoms with van der Waals surface area (Å²) in [6.07, 6.45) is 66.9. The molecule has 0 radical (unpaired) electrons. The predicted octanol–water partition coefficient (Wildman–Crippen LogP) is 16.7. The molecular formula is C59H111N2O6P. The summed E-state index contributed by atoms with van der Waals surface area (Å²) in [6.45, 7) is 4.62. The number of likely N-dealkylation sites (N-methyl/N-ethyl adjacent to an activating group) is 1. The number of rotatable bonds is 52. The van der Waals surface area contributed by atoms with Gasteiger partial charge in [0.1, 0.15) is 13.2 Å². The van der Waals surface area contributed by atoms with Crippen molar-refractivity contribution in [3.8, 4) is 0 Å². The van der Waals surface area contributed by atoms with E-state index in [1.807, 2.05) is 21.1 Å². The molecule has 0 rings (SSSR count). The summed E-state index contributed by atoms with van der Waals surface area (Å²) in [5.74, 6) is -0.164. The van der Waals surface area contributed by atoms with Gasteiger partial charge in [-0.2, -0.15) is 0 Å². The second-order valence-corrected chi connectivity index (χ2v) is 22.0. The van der Waals surface area contributed by atoms with Crippen LogP contribution in [0.4, 0.5) is 0 Å². The number of hydrogen-bond acceptors (Lipinski definition) is 6. The van der Waals surface area contributed by atoms with Crippen LogP contribution in [0.2, 0.25) is 0 Å². The molecule has 0 spiro atoms. The van der Waals surface area contributed by atoms with E-state index in [9.17, 15) is 19.4 Å². The summed E-state index contributed by atoms with van der Waals surface area (Å²) in [7, 11) is 1.31. The van der Waals surface area contributed by atoms with Crippen LogP contribution in [0.1, 0.15) is 258 Å². The lowest BCUT2D eigenvalue weighted by Gasteiger charge is -2.30. The van der Waals surface area contributed by atoms with Crippen molar-refractivity contribution < 1.29 is 32.9 Å². The highest BCUT2D eigenvalue weighted by Crippen LogP contribution is 2.38. The monoisotopic (exact) mass is 975 g/mol. The highest BCUT2D eigenvalue weighted by Gasteiger charge is 2.24. The van der Waals surface area contributed by atoms with Crippen LogP contribution in [-0.4, -0.2) is 68.5 Å². The van der Waals surface area contributed by atoms with Crippen LogP contribution in [0.15, 0.2) is 60.8 Å². The Balaban J connectivity index is 4.01. The quantitative estimate of drug-likeness (QED) is 0.0272. The number of hydrogen-bond donors (Lipinski definition) is 2. The van der Waals surface area contributed by atoms with Crippen molar-refractivity contribution in [1.29, 1.82) is 0 Å². The van der Waals surface area contributed by atoms with Crippen LogP contribution in [-0.2, 0) is 18.4 Å². The van der Waals surface area contributed by atoms with Gasteiger partial charge in [0.15, 0.2) is 0 Å². The number of amides is 1. The zero-order valence-corrected chi connectivity index (χ0v) is 46.2. The molecule has 68 heavy (non-hydrogen) atoms. The van der Waals surface area contributed by atoms with E-state index in [0.717, 1.165) is 70.6 Å². The Bertz CT molecular complexity index is 1290. The first-order valence-electron chi connectivity index (χ1n) is 28.6. The van der Waals surface area contributed by atoms with Crippen molar-refractivity contribution in [3.63, 3.8) is 0 Å². The molecule has 0 aromatic heterocycles. The number of nitrogens with one attached hydrogen (secondary N) is 1. The molecule has 8 nitrogen and oxygen atoms in total. The summed E-state index contributed by atoms with van der Waals surface area (Å²) in [4.78, 5) is 25.5. The number of allylic oxidation sites excluding steroid dienone is 10. The topological polar surface area (TPSA) is 108 Å². The second-order valence-electron chi connectivity index (χ2n) is 20.6. The first-order valence-corrected chi connectivity index (χ1v) is 30.1. The fourth-order valence-electron chi connectivity index (χ4n) is 8.30. The number of aliphatic hydroxyl groups is 1. The lowest BCUT2D eigenvalue weighted by molar-refractivity contribution is -0.870. The number of nitrogens with zero attached hydrogens (tertiary/aromatic N) is 1. The molecule has 398 valence electrons. The van der Waals surface area contributed by atoms with E-state index in [1.54, 1.807) is 0 Å². The zero-order valence-electron chi connectivity index (χ0n) is 45.3. The number of carbonyl (C=O) groups excluding carboxylic acids is 1. The van der Waals surface area contributed by atoms with Gasteiger partial charge in [0.05, 0.1) is 39.9 Å². The van der Waals surface area contributed by atoms with Gasteiger partial charge in [0.25, 0.3) is 7.82 Å². The molecular weight excluding hydrogens is 864 g/mol. The largest absolute Gasteiger partial charge is 0.756 e. The fourth-order valence-corrected chi connectivity index (χ4v) is 9.03. The van der Waals surface area contributed by atoms with Crippen LogP contribution in [0.3, 0.4) is 0 Å². The van der Waals surface area contributed by atoms with E-state index >= 15 is 0 Å². The number of phosphoric ester groups is 1. The average molecular weight is 976 g/mol. The third-order valence-corrected chi connectivity index (χ3v) is 13.7. The van der Waals surface area contributed by atoms with Crippen LogP contribution < -0.4 is 10.2 Å². The highest BCUT2D eigenvalue weighted by molar-refractivity contribution is 7.45. The number of quaternary nitrogens is 1. The number of aliphatic hydroxyl groups excluding tert-OH is 1. The Morgan fingerprint density at radius 1 is 0.529 bits per heavy atom. The van der Waals surface area contributed by atoms with E-state index in [1.165, 1.54) is 161 Å². The predicted molar refractivity (Wildman–Crippen MR) is 293 cm³/mol. The molecule has 0 bridgehead atoms. The van der Waals surface area contributed by atoms with Crippen molar-refractivity contribution in [2.45, 2.75) is 270 Å². The number of carbonyl (C=O) groups is 1. The smallest absolute Gasteiger partial charge is 0.268 e. The normalized spacial score (nSPS) is 14.4. The van der Waals surface area contributed by atoms with Crippen LogP contribution >= 0.6 is 7.82 Å². The first kappa shape index (κ1) is 66.2. The molecule has 0 aromatic carbocycles. The summed E-state index contributed by atoms with van der Waals surface area (Å²) < 4.78 is 23.4. The van der Waals surface area contributed by atoms with Crippen molar-refractivity contribution >= 4 is 13.7 Å². The minimum atomic E-state index is -4.57. The molecule has 0 fully saturated rings. The van der Waals surface area contributed by atoms with E-state index in [0.29, 0.717) is 23.9 Å². The average Bonchev–Trinajstić information content (AvgIpc) is 3.30. The minimum Gasteiger partial charge on any atom is -0.756 e. The molecule has 3 atom stereocenters. The number of phosphoric acid groups is 1. The highest BCUT2D eigenvalue weighted by atomic mass is 31.2. The van der Waals surface area contributed by atoms with E-state index in [4.69, 9.17) is 9.05 Å². The van der Waals surface area contributed by atoms with Gasteiger partial charge in [-0.05, 0) is 57.8 Å². The molecule has 9 heteroatoms. The van der Waals surface area contributed by atoms with Crippen molar-refractivity contribution in [3.05, 3.63) is 60.8 Å². The van der Waals surface area contributed by atoms with Crippen molar-refractivity contribution in [1.82, 2.24) is 5.32 Å². The summed E-state index contributed by atoms with van der Waals surface area (Å²) >= 11 is 0. The first-order chi connectivity index (χ1) is 33.0. The lowest BCUT2D eigenvalue weighted by atomic mass is 10.0. The summed E-state index contributed by atoms with van der Waals surface area (Å²) in [5.41, 5.74) is 0. The van der Waals surface area contributed by atoms with Gasteiger partial charge in [-0.15, -0.1) is 0 Å². The Hall–Kier alpha value is -1.80.